The Kier molecular flexibility index (Phi) is 14.1. The highest BCUT2D eigenvalue weighted by atomic mass is 16.8. The molecule has 7 heteroatoms. The monoisotopic (exact) mass is 538 g/mol. The van der Waals surface area contributed by atoms with E-state index in [2.05, 4.69) is 6.92 Å². The van der Waals surface area contributed by atoms with Gasteiger partial charge in [0.1, 0.15) is 17.3 Å². The van der Waals surface area contributed by atoms with Gasteiger partial charge < -0.3 is 33.3 Å². The molecule has 220 valence electrons. The molecule has 2 rings (SSSR count). The number of hydrogen-bond donors (Lipinski definition) is 0. The van der Waals surface area contributed by atoms with E-state index in [1.165, 1.54) is 0 Å². The van der Waals surface area contributed by atoms with Gasteiger partial charge in [0.2, 0.25) is 0 Å². The van der Waals surface area contributed by atoms with E-state index >= 15 is 0 Å². The lowest BCUT2D eigenvalue weighted by molar-refractivity contribution is -0.178. The van der Waals surface area contributed by atoms with Crippen molar-refractivity contribution in [2.45, 2.75) is 180 Å². The predicted molar refractivity (Wildman–Crippen MR) is 148 cm³/mol. The first kappa shape index (κ1) is 33.1. The summed E-state index contributed by atoms with van der Waals surface area (Å²) in [6, 6.07) is 0. The average Bonchev–Trinajstić information content (AvgIpc) is 3.32. The van der Waals surface area contributed by atoms with E-state index < -0.39 is 11.6 Å². The number of hydrogen-bond acceptors (Lipinski definition) is 7. The van der Waals surface area contributed by atoms with Gasteiger partial charge in [-0.15, -0.1) is 0 Å². The first-order chi connectivity index (χ1) is 17.9. The van der Waals surface area contributed by atoms with Crippen LogP contribution >= 0.6 is 0 Å². The van der Waals surface area contributed by atoms with Crippen LogP contribution in [0.1, 0.15) is 144 Å². The Balaban J connectivity index is 2.03. The second kappa shape index (κ2) is 16.2. The van der Waals surface area contributed by atoms with E-state index in [0.717, 1.165) is 64.2 Å². The van der Waals surface area contributed by atoms with Gasteiger partial charge in [0.05, 0.1) is 24.4 Å². The molecule has 0 saturated carbocycles. The largest absolute Gasteiger partial charge is 0.344 e. The van der Waals surface area contributed by atoms with Crippen LogP contribution in [0.5, 0.6) is 0 Å². The van der Waals surface area contributed by atoms with Gasteiger partial charge in [-0.05, 0) is 53.9 Å². The number of ether oxygens (including phenoxy) is 4. The third kappa shape index (κ3) is 11.9. The highest BCUT2D eigenvalue weighted by molar-refractivity contribution is 5.76. The van der Waals surface area contributed by atoms with Gasteiger partial charge in [-0.1, -0.05) is 51.9 Å². The molecule has 0 aliphatic carbocycles. The van der Waals surface area contributed by atoms with Crippen LogP contribution in [-0.2, 0) is 33.3 Å². The molecule has 0 aromatic heterocycles. The van der Waals surface area contributed by atoms with Crippen LogP contribution in [-0.4, -0.2) is 53.3 Å². The zero-order valence-electron chi connectivity index (χ0n) is 25.0. The third-order valence-corrected chi connectivity index (χ3v) is 7.87. The Morgan fingerprint density at radius 3 is 1.39 bits per heavy atom. The minimum Gasteiger partial charge on any atom is -0.344 e. The molecule has 0 aromatic rings. The molecule has 6 unspecified atom stereocenters. The van der Waals surface area contributed by atoms with Gasteiger partial charge in [0.25, 0.3) is 0 Å². The molecular weight excluding hydrogens is 484 g/mol. The molecule has 2 saturated heterocycles. The first-order valence-corrected chi connectivity index (χ1v) is 15.1. The Morgan fingerprint density at radius 2 is 0.947 bits per heavy atom. The van der Waals surface area contributed by atoms with Gasteiger partial charge in [0, 0.05) is 38.5 Å². The highest BCUT2D eigenvalue weighted by Gasteiger charge is 2.49. The molecule has 0 spiro atoms. The molecule has 38 heavy (non-hydrogen) atoms. The summed E-state index contributed by atoms with van der Waals surface area (Å²) < 4.78 is 26.0. The van der Waals surface area contributed by atoms with Crippen molar-refractivity contribution in [2.24, 2.45) is 0 Å². The third-order valence-electron chi connectivity index (χ3n) is 7.87. The van der Waals surface area contributed by atoms with Crippen LogP contribution in [0.3, 0.4) is 0 Å². The van der Waals surface area contributed by atoms with Gasteiger partial charge >= 0.3 is 0 Å². The number of unbranched alkanes of at least 4 members (excludes halogenated alkanes) is 6. The van der Waals surface area contributed by atoms with Crippen molar-refractivity contribution in [1.82, 2.24) is 0 Å². The summed E-state index contributed by atoms with van der Waals surface area (Å²) >= 11 is 0. The second-order valence-corrected chi connectivity index (χ2v) is 12.0. The van der Waals surface area contributed by atoms with E-state index in [9.17, 15) is 14.4 Å². The molecule has 2 aliphatic heterocycles. The van der Waals surface area contributed by atoms with Crippen molar-refractivity contribution < 1.29 is 33.3 Å². The maximum atomic E-state index is 11.7. The lowest BCUT2D eigenvalue weighted by Crippen LogP contribution is -2.33. The fourth-order valence-electron chi connectivity index (χ4n) is 5.65. The van der Waals surface area contributed by atoms with E-state index in [4.69, 9.17) is 18.9 Å². The molecule has 7 nitrogen and oxygen atoms in total. The van der Waals surface area contributed by atoms with E-state index in [-0.39, 0.29) is 41.8 Å². The topological polar surface area (TPSA) is 88.1 Å². The summed E-state index contributed by atoms with van der Waals surface area (Å²) in [6.07, 6.45) is 13.4. The minimum absolute atomic E-state index is 0.0342. The first-order valence-electron chi connectivity index (χ1n) is 15.1. The summed E-state index contributed by atoms with van der Waals surface area (Å²) in [4.78, 5) is 34.5. The number of carbonyl (C=O) groups is 3. The maximum Gasteiger partial charge on any atom is 0.166 e. The molecular formula is C31H54O7. The summed E-state index contributed by atoms with van der Waals surface area (Å²) in [6.45, 7) is 11.0. The SMILES string of the molecule is CCCCCC1OC(C)(CCC(C)=O)OC1CC1OC(C)(CCC(C)=O)OC1CCCCCCCC(C)=O. The number of carbonyl (C=O) groups excluding carboxylic acids is 3. The van der Waals surface area contributed by atoms with Crippen molar-refractivity contribution in [3.63, 3.8) is 0 Å². The number of rotatable bonds is 20. The van der Waals surface area contributed by atoms with Crippen LogP contribution in [0.25, 0.3) is 0 Å². The standard InChI is InChI=1S/C31H54O7/c1-7-8-12-16-26-28(37-30(5,35-26)20-18-24(3)33)22-29-27(17-14-11-9-10-13-15-23(2)32)36-31(6,38-29)21-19-25(4)34/h26-29H,7-22H2,1-6H3. The quantitative estimate of drug-likeness (QED) is 0.154. The van der Waals surface area contributed by atoms with Gasteiger partial charge in [0.15, 0.2) is 11.6 Å². The van der Waals surface area contributed by atoms with Gasteiger partial charge in [-0.2, -0.15) is 0 Å². The van der Waals surface area contributed by atoms with Crippen molar-refractivity contribution in [3.05, 3.63) is 0 Å². The Morgan fingerprint density at radius 1 is 0.553 bits per heavy atom. The van der Waals surface area contributed by atoms with Crippen molar-refractivity contribution in [1.29, 1.82) is 0 Å². The zero-order chi connectivity index (χ0) is 28.2. The van der Waals surface area contributed by atoms with E-state index in [1.54, 1.807) is 20.8 Å². The summed E-state index contributed by atoms with van der Waals surface area (Å²) in [7, 11) is 0. The second-order valence-electron chi connectivity index (χ2n) is 12.0. The van der Waals surface area contributed by atoms with E-state index in [0.29, 0.717) is 38.5 Å². The molecule has 0 aromatic carbocycles. The van der Waals surface area contributed by atoms with E-state index in [1.807, 2.05) is 13.8 Å². The average molecular weight is 539 g/mol. The van der Waals surface area contributed by atoms with Gasteiger partial charge in [-0.25, -0.2) is 0 Å². The summed E-state index contributed by atoms with van der Waals surface area (Å²) in [5.74, 6) is -1.01. The molecule has 6 atom stereocenters. The fraction of sp³-hybridized carbons (Fsp3) is 0.903. The fourth-order valence-corrected chi connectivity index (χ4v) is 5.65. The number of Topliss-reactive ketones (excluding diaryl/α,β-unsaturated/α-hetero) is 3. The summed E-state index contributed by atoms with van der Waals surface area (Å²) in [5.41, 5.74) is 0. The van der Waals surface area contributed by atoms with Gasteiger partial charge in [-0.3, -0.25) is 0 Å². The van der Waals surface area contributed by atoms with Crippen LogP contribution in [0.15, 0.2) is 0 Å². The lowest BCUT2D eigenvalue weighted by Gasteiger charge is -2.25. The van der Waals surface area contributed by atoms with Crippen LogP contribution < -0.4 is 0 Å². The molecule has 2 aliphatic rings. The van der Waals surface area contributed by atoms with Crippen LogP contribution in [0.2, 0.25) is 0 Å². The molecule has 0 radical (unpaired) electrons. The molecule has 0 amide bonds. The molecule has 2 heterocycles. The Bertz CT molecular complexity index is 753. The highest BCUT2D eigenvalue weighted by Crippen LogP contribution is 2.41. The van der Waals surface area contributed by atoms with Crippen LogP contribution in [0, 0.1) is 0 Å². The van der Waals surface area contributed by atoms with Crippen LogP contribution in [0.4, 0.5) is 0 Å². The molecule has 0 N–H and O–H groups in total. The van der Waals surface area contributed by atoms with Crippen molar-refractivity contribution in [2.75, 3.05) is 0 Å². The maximum absolute atomic E-state index is 11.7. The Labute approximate surface area is 231 Å². The van der Waals surface area contributed by atoms with Crippen molar-refractivity contribution >= 4 is 17.3 Å². The lowest BCUT2D eigenvalue weighted by atomic mass is 9.96. The zero-order valence-corrected chi connectivity index (χ0v) is 25.0. The number of ketones is 3. The van der Waals surface area contributed by atoms with Crippen molar-refractivity contribution in [3.8, 4) is 0 Å². The predicted octanol–water partition coefficient (Wildman–Crippen LogP) is 7.02. The smallest absolute Gasteiger partial charge is 0.166 e. The molecule has 2 fully saturated rings. The summed E-state index contributed by atoms with van der Waals surface area (Å²) in [5, 5.41) is 0. The molecule has 0 bridgehead atoms. The minimum atomic E-state index is -0.780. The Hall–Kier alpha value is -1.15. The normalized spacial score (nSPS) is 31.1.